The summed E-state index contributed by atoms with van der Waals surface area (Å²) in [5.41, 5.74) is 6.72. The van der Waals surface area contributed by atoms with Gasteiger partial charge in [0.15, 0.2) is 0 Å². The number of hydrogen-bond donors (Lipinski definition) is 3. The Kier molecular flexibility index (Phi) is 2.32. The highest BCUT2D eigenvalue weighted by atomic mass is 16.2. The highest BCUT2D eigenvalue weighted by molar-refractivity contribution is 6.03. The SMILES string of the molecule is Nc1ccccc1NC(=O)c1ncn[nH]1. The Labute approximate surface area is 85.5 Å². The minimum atomic E-state index is -0.370. The fraction of sp³-hybridized carbons (Fsp3) is 0. The summed E-state index contributed by atoms with van der Waals surface area (Å²) in [6.45, 7) is 0. The monoisotopic (exact) mass is 203 g/mol. The van der Waals surface area contributed by atoms with E-state index >= 15 is 0 Å². The maximum atomic E-state index is 11.5. The predicted octanol–water partition coefficient (Wildman–Crippen LogP) is 0.639. The van der Waals surface area contributed by atoms with Crippen molar-refractivity contribution in [2.24, 2.45) is 0 Å². The normalized spacial score (nSPS) is 9.87. The fourth-order valence-corrected chi connectivity index (χ4v) is 1.11. The van der Waals surface area contributed by atoms with Crippen LogP contribution in [0.25, 0.3) is 0 Å². The number of nitrogens with zero attached hydrogens (tertiary/aromatic N) is 2. The van der Waals surface area contributed by atoms with Crippen LogP contribution < -0.4 is 11.1 Å². The first-order chi connectivity index (χ1) is 7.27. The molecule has 0 saturated heterocycles. The van der Waals surface area contributed by atoms with Gasteiger partial charge in [-0.2, -0.15) is 5.10 Å². The quantitative estimate of drug-likeness (QED) is 0.624. The van der Waals surface area contributed by atoms with Gasteiger partial charge in [0.05, 0.1) is 11.4 Å². The molecule has 0 spiro atoms. The standard InChI is InChI=1S/C9H9N5O/c10-6-3-1-2-4-7(6)13-9(15)8-11-5-12-14-8/h1-5H,10H2,(H,13,15)(H,11,12,14). The molecule has 1 heterocycles. The highest BCUT2D eigenvalue weighted by Crippen LogP contribution is 2.16. The third kappa shape index (κ3) is 1.93. The average Bonchev–Trinajstić information content (AvgIpc) is 2.74. The third-order valence-electron chi connectivity index (χ3n) is 1.84. The number of nitrogens with one attached hydrogen (secondary N) is 2. The molecule has 4 N–H and O–H groups in total. The van der Waals surface area contributed by atoms with Crippen LogP contribution in [0.1, 0.15) is 10.6 Å². The predicted molar refractivity (Wildman–Crippen MR) is 55.2 cm³/mol. The van der Waals surface area contributed by atoms with Crippen LogP contribution in [0, 0.1) is 0 Å². The van der Waals surface area contributed by atoms with Crippen molar-refractivity contribution >= 4 is 17.3 Å². The second-order valence-electron chi connectivity index (χ2n) is 2.88. The summed E-state index contributed by atoms with van der Waals surface area (Å²) in [7, 11) is 0. The van der Waals surface area contributed by atoms with E-state index in [9.17, 15) is 4.79 Å². The number of aromatic nitrogens is 3. The number of rotatable bonds is 2. The van der Waals surface area contributed by atoms with Crippen molar-refractivity contribution < 1.29 is 4.79 Å². The lowest BCUT2D eigenvalue weighted by atomic mass is 10.2. The molecular formula is C9H9N5O. The van der Waals surface area contributed by atoms with Crippen LogP contribution in [-0.2, 0) is 0 Å². The van der Waals surface area contributed by atoms with E-state index in [2.05, 4.69) is 20.5 Å². The van der Waals surface area contributed by atoms with Gasteiger partial charge in [-0.05, 0) is 12.1 Å². The molecule has 1 amide bonds. The number of anilines is 2. The van der Waals surface area contributed by atoms with Crippen LogP contribution in [0.3, 0.4) is 0 Å². The second kappa shape index (κ2) is 3.79. The zero-order chi connectivity index (χ0) is 10.7. The van der Waals surface area contributed by atoms with Gasteiger partial charge in [0.25, 0.3) is 5.91 Å². The van der Waals surface area contributed by atoms with Gasteiger partial charge in [0, 0.05) is 0 Å². The number of benzene rings is 1. The van der Waals surface area contributed by atoms with Gasteiger partial charge < -0.3 is 11.1 Å². The molecule has 2 rings (SSSR count). The van der Waals surface area contributed by atoms with Gasteiger partial charge in [0.2, 0.25) is 5.82 Å². The summed E-state index contributed by atoms with van der Waals surface area (Å²) in [6, 6.07) is 6.99. The summed E-state index contributed by atoms with van der Waals surface area (Å²) in [6.07, 6.45) is 1.27. The van der Waals surface area contributed by atoms with Crippen LogP contribution in [0.15, 0.2) is 30.6 Å². The molecule has 0 aliphatic heterocycles. The lowest BCUT2D eigenvalue weighted by Crippen LogP contribution is -2.14. The molecule has 0 radical (unpaired) electrons. The molecule has 0 bridgehead atoms. The summed E-state index contributed by atoms with van der Waals surface area (Å²) in [5, 5.41) is 8.66. The van der Waals surface area contributed by atoms with Gasteiger partial charge in [-0.3, -0.25) is 9.89 Å². The van der Waals surface area contributed by atoms with Crippen LogP contribution in [0.2, 0.25) is 0 Å². The van der Waals surface area contributed by atoms with Crippen molar-refractivity contribution in [1.29, 1.82) is 0 Å². The Hall–Kier alpha value is -2.37. The van der Waals surface area contributed by atoms with E-state index in [4.69, 9.17) is 5.73 Å². The number of carbonyl (C=O) groups excluding carboxylic acids is 1. The van der Waals surface area contributed by atoms with Gasteiger partial charge in [-0.1, -0.05) is 12.1 Å². The molecule has 6 nitrogen and oxygen atoms in total. The first-order valence-corrected chi connectivity index (χ1v) is 4.28. The van der Waals surface area contributed by atoms with E-state index < -0.39 is 0 Å². The van der Waals surface area contributed by atoms with Gasteiger partial charge >= 0.3 is 0 Å². The Morgan fingerprint density at radius 3 is 2.87 bits per heavy atom. The van der Waals surface area contributed by atoms with Crippen LogP contribution in [-0.4, -0.2) is 21.1 Å². The van der Waals surface area contributed by atoms with Crippen molar-refractivity contribution in [3.05, 3.63) is 36.4 Å². The van der Waals surface area contributed by atoms with E-state index in [0.717, 1.165) is 0 Å². The molecule has 0 atom stereocenters. The Bertz CT molecular complexity index is 465. The number of carbonyl (C=O) groups is 1. The molecule has 0 unspecified atom stereocenters. The van der Waals surface area contributed by atoms with Crippen molar-refractivity contribution in [1.82, 2.24) is 15.2 Å². The first-order valence-electron chi connectivity index (χ1n) is 4.28. The molecule has 0 aliphatic carbocycles. The van der Waals surface area contributed by atoms with Gasteiger partial charge in [-0.25, -0.2) is 4.98 Å². The van der Waals surface area contributed by atoms with Gasteiger partial charge in [-0.15, -0.1) is 0 Å². The number of H-pyrrole nitrogens is 1. The molecule has 1 aromatic heterocycles. The number of nitrogens with two attached hydrogens (primary N) is 1. The maximum absolute atomic E-state index is 11.5. The highest BCUT2D eigenvalue weighted by Gasteiger charge is 2.09. The zero-order valence-corrected chi connectivity index (χ0v) is 7.77. The van der Waals surface area contributed by atoms with E-state index in [0.29, 0.717) is 11.4 Å². The first kappa shape index (κ1) is 9.20. The molecule has 6 heteroatoms. The number of amides is 1. The Morgan fingerprint density at radius 1 is 1.40 bits per heavy atom. The lowest BCUT2D eigenvalue weighted by Gasteiger charge is -2.05. The van der Waals surface area contributed by atoms with E-state index in [1.165, 1.54) is 6.33 Å². The Morgan fingerprint density at radius 2 is 2.20 bits per heavy atom. The zero-order valence-electron chi connectivity index (χ0n) is 7.77. The van der Waals surface area contributed by atoms with Crippen molar-refractivity contribution in [3.63, 3.8) is 0 Å². The molecule has 0 fully saturated rings. The molecule has 15 heavy (non-hydrogen) atoms. The Balaban J connectivity index is 2.17. The molecule has 0 aliphatic rings. The smallest absolute Gasteiger partial charge is 0.293 e. The van der Waals surface area contributed by atoms with Crippen LogP contribution in [0.5, 0.6) is 0 Å². The van der Waals surface area contributed by atoms with Crippen molar-refractivity contribution in [2.75, 3.05) is 11.1 Å². The fourth-order valence-electron chi connectivity index (χ4n) is 1.11. The number of aromatic amines is 1. The van der Waals surface area contributed by atoms with Crippen LogP contribution in [0.4, 0.5) is 11.4 Å². The molecule has 2 aromatic rings. The number of nitrogen functional groups attached to an aromatic ring is 1. The molecule has 1 aromatic carbocycles. The second-order valence-corrected chi connectivity index (χ2v) is 2.88. The number of para-hydroxylation sites is 2. The minimum absolute atomic E-state index is 0.151. The maximum Gasteiger partial charge on any atom is 0.293 e. The number of hydrogen-bond acceptors (Lipinski definition) is 4. The average molecular weight is 203 g/mol. The van der Waals surface area contributed by atoms with Gasteiger partial charge in [0.1, 0.15) is 6.33 Å². The molecular weight excluding hydrogens is 194 g/mol. The summed E-state index contributed by atoms with van der Waals surface area (Å²) in [5.74, 6) is -0.219. The van der Waals surface area contributed by atoms with E-state index in [1.54, 1.807) is 24.3 Å². The minimum Gasteiger partial charge on any atom is -0.397 e. The topological polar surface area (TPSA) is 96.7 Å². The van der Waals surface area contributed by atoms with Crippen molar-refractivity contribution in [3.8, 4) is 0 Å². The van der Waals surface area contributed by atoms with Crippen LogP contribution >= 0.6 is 0 Å². The molecule has 76 valence electrons. The summed E-state index contributed by atoms with van der Waals surface area (Å²) >= 11 is 0. The third-order valence-corrected chi connectivity index (χ3v) is 1.84. The largest absolute Gasteiger partial charge is 0.397 e. The lowest BCUT2D eigenvalue weighted by molar-refractivity contribution is 0.101. The van der Waals surface area contributed by atoms with E-state index in [1.807, 2.05) is 0 Å². The summed E-state index contributed by atoms with van der Waals surface area (Å²) in [4.78, 5) is 15.2. The van der Waals surface area contributed by atoms with E-state index in [-0.39, 0.29) is 11.7 Å². The molecule has 0 saturated carbocycles. The van der Waals surface area contributed by atoms with Crippen molar-refractivity contribution in [2.45, 2.75) is 0 Å². The summed E-state index contributed by atoms with van der Waals surface area (Å²) < 4.78 is 0.